The monoisotopic (exact) mass is 229 g/mol. The maximum absolute atomic E-state index is 11.3. The van der Waals surface area contributed by atoms with Gasteiger partial charge in [-0.05, 0) is 19.3 Å². The molecule has 1 aliphatic rings. The van der Waals surface area contributed by atoms with Crippen molar-refractivity contribution in [3.8, 4) is 0 Å². The van der Waals surface area contributed by atoms with Gasteiger partial charge in [0.15, 0.2) is 0 Å². The van der Waals surface area contributed by atoms with Crippen molar-refractivity contribution in [2.75, 3.05) is 6.61 Å². The summed E-state index contributed by atoms with van der Waals surface area (Å²) in [6, 6.07) is 0. The molecule has 1 saturated carbocycles. The zero-order valence-corrected chi connectivity index (χ0v) is 10.1. The van der Waals surface area contributed by atoms with Crippen LogP contribution in [0.4, 0.5) is 4.79 Å². The Morgan fingerprint density at radius 2 is 2.12 bits per heavy atom. The molecule has 0 aliphatic heterocycles. The van der Waals surface area contributed by atoms with Crippen molar-refractivity contribution in [1.29, 1.82) is 0 Å². The standard InChI is InChI=1S/C12H23NO3/c1-2-3-9-16-12(15)13-11(14)10-7-5-4-6-8-10/h10-11,14H,2-9H2,1H3,(H,13,15). The summed E-state index contributed by atoms with van der Waals surface area (Å²) in [4.78, 5) is 11.3. The van der Waals surface area contributed by atoms with Crippen molar-refractivity contribution >= 4 is 6.09 Å². The van der Waals surface area contributed by atoms with Crippen molar-refractivity contribution in [1.82, 2.24) is 5.32 Å². The molecular formula is C12H23NO3. The number of hydrogen-bond donors (Lipinski definition) is 2. The van der Waals surface area contributed by atoms with E-state index in [1.807, 2.05) is 6.92 Å². The van der Waals surface area contributed by atoms with E-state index in [0.29, 0.717) is 6.61 Å². The van der Waals surface area contributed by atoms with Crippen molar-refractivity contribution in [2.45, 2.75) is 58.1 Å². The summed E-state index contributed by atoms with van der Waals surface area (Å²) in [7, 11) is 0. The van der Waals surface area contributed by atoms with Gasteiger partial charge in [0.05, 0.1) is 6.61 Å². The van der Waals surface area contributed by atoms with Crippen LogP contribution in [-0.2, 0) is 4.74 Å². The van der Waals surface area contributed by atoms with Crippen LogP contribution >= 0.6 is 0 Å². The van der Waals surface area contributed by atoms with Crippen LogP contribution < -0.4 is 5.32 Å². The molecule has 94 valence electrons. The number of nitrogens with one attached hydrogen (secondary N) is 1. The van der Waals surface area contributed by atoms with Gasteiger partial charge in [0, 0.05) is 5.92 Å². The summed E-state index contributed by atoms with van der Waals surface area (Å²) < 4.78 is 4.93. The molecule has 0 aromatic rings. The molecule has 1 rings (SSSR count). The first-order chi connectivity index (χ1) is 7.74. The summed E-state index contributed by atoms with van der Waals surface area (Å²) in [6.45, 7) is 2.47. The van der Waals surface area contributed by atoms with E-state index >= 15 is 0 Å². The van der Waals surface area contributed by atoms with Gasteiger partial charge < -0.3 is 9.84 Å². The Balaban J connectivity index is 2.16. The quantitative estimate of drug-likeness (QED) is 0.562. The first-order valence-electron chi connectivity index (χ1n) is 6.35. The maximum Gasteiger partial charge on any atom is 0.409 e. The van der Waals surface area contributed by atoms with Gasteiger partial charge >= 0.3 is 6.09 Å². The molecule has 16 heavy (non-hydrogen) atoms. The molecule has 1 unspecified atom stereocenters. The molecule has 1 amide bonds. The average Bonchev–Trinajstić information content (AvgIpc) is 2.30. The lowest BCUT2D eigenvalue weighted by Gasteiger charge is -2.26. The molecule has 4 heteroatoms. The number of alkyl carbamates (subject to hydrolysis) is 1. The molecule has 1 fully saturated rings. The molecule has 0 bridgehead atoms. The van der Waals surface area contributed by atoms with Gasteiger partial charge in [0.1, 0.15) is 6.23 Å². The van der Waals surface area contributed by atoms with Crippen LogP contribution in [0, 0.1) is 5.92 Å². The maximum atomic E-state index is 11.3. The number of hydrogen-bond acceptors (Lipinski definition) is 3. The van der Waals surface area contributed by atoms with Crippen LogP contribution in [0.15, 0.2) is 0 Å². The Hall–Kier alpha value is -0.770. The average molecular weight is 229 g/mol. The number of unbranched alkanes of at least 4 members (excludes halogenated alkanes) is 1. The summed E-state index contributed by atoms with van der Waals surface area (Å²) in [5.74, 6) is 0.201. The fraction of sp³-hybridized carbons (Fsp3) is 0.917. The highest BCUT2D eigenvalue weighted by Crippen LogP contribution is 2.25. The number of carbonyl (C=O) groups is 1. The molecular weight excluding hydrogens is 206 g/mol. The third kappa shape index (κ3) is 4.84. The van der Waals surface area contributed by atoms with E-state index in [-0.39, 0.29) is 5.92 Å². The second-order valence-electron chi connectivity index (χ2n) is 4.48. The summed E-state index contributed by atoms with van der Waals surface area (Å²) in [5.41, 5.74) is 0. The normalized spacial score (nSPS) is 19.1. The molecule has 0 heterocycles. The molecule has 1 atom stereocenters. The van der Waals surface area contributed by atoms with Crippen molar-refractivity contribution in [3.63, 3.8) is 0 Å². The van der Waals surface area contributed by atoms with Gasteiger partial charge in [-0.1, -0.05) is 32.6 Å². The molecule has 0 saturated heterocycles. The zero-order chi connectivity index (χ0) is 11.8. The predicted molar refractivity (Wildman–Crippen MR) is 62.0 cm³/mol. The second kappa shape index (κ2) is 7.49. The molecule has 1 aliphatic carbocycles. The number of aliphatic hydroxyl groups excluding tert-OH is 1. The molecule has 0 radical (unpaired) electrons. The highest BCUT2D eigenvalue weighted by molar-refractivity contribution is 5.67. The van der Waals surface area contributed by atoms with E-state index in [2.05, 4.69) is 5.32 Å². The Morgan fingerprint density at radius 3 is 2.75 bits per heavy atom. The number of rotatable bonds is 5. The van der Waals surface area contributed by atoms with Gasteiger partial charge in [0.25, 0.3) is 0 Å². The third-order valence-electron chi connectivity index (χ3n) is 3.09. The summed E-state index contributed by atoms with van der Waals surface area (Å²) in [6.07, 6.45) is 6.16. The minimum Gasteiger partial charge on any atom is -0.450 e. The fourth-order valence-electron chi connectivity index (χ4n) is 2.04. The van der Waals surface area contributed by atoms with Crippen LogP contribution in [0.3, 0.4) is 0 Å². The van der Waals surface area contributed by atoms with Crippen LogP contribution in [0.25, 0.3) is 0 Å². The number of aliphatic hydroxyl groups is 1. The lowest BCUT2D eigenvalue weighted by molar-refractivity contribution is 0.0466. The summed E-state index contributed by atoms with van der Waals surface area (Å²) >= 11 is 0. The highest BCUT2D eigenvalue weighted by Gasteiger charge is 2.23. The Bertz CT molecular complexity index is 202. The van der Waals surface area contributed by atoms with Crippen molar-refractivity contribution in [3.05, 3.63) is 0 Å². The van der Waals surface area contributed by atoms with E-state index in [4.69, 9.17) is 4.74 Å². The van der Waals surface area contributed by atoms with Gasteiger partial charge in [-0.25, -0.2) is 4.79 Å². The lowest BCUT2D eigenvalue weighted by atomic mass is 9.88. The summed E-state index contributed by atoms with van der Waals surface area (Å²) in [5, 5.41) is 12.3. The predicted octanol–water partition coefficient (Wildman–Crippen LogP) is 2.41. The van der Waals surface area contributed by atoms with E-state index < -0.39 is 12.3 Å². The topological polar surface area (TPSA) is 58.6 Å². The van der Waals surface area contributed by atoms with Crippen molar-refractivity contribution < 1.29 is 14.6 Å². The zero-order valence-electron chi connectivity index (χ0n) is 10.1. The molecule has 4 nitrogen and oxygen atoms in total. The third-order valence-corrected chi connectivity index (χ3v) is 3.09. The smallest absolute Gasteiger partial charge is 0.409 e. The lowest BCUT2D eigenvalue weighted by Crippen LogP contribution is -2.41. The Morgan fingerprint density at radius 1 is 1.44 bits per heavy atom. The van der Waals surface area contributed by atoms with E-state index in [1.54, 1.807) is 0 Å². The SMILES string of the molecule is CCCCOC(=O)NC(O)C1CCCCC1. The highest BCUT2D eigenvalue weighted by atomic mass is 16.6. The first kappa shape index (κ1) is 13.3. The Kier molecular flexibility index (Phi) is 6.23. The van der Waals surface area contributed by atoms with Gasteiger partial charge in [0.2, 0.25) is 0 Å². The second-order valence-corrected chi connectivity index (χ2v) is 4.48. The van der Waals surface area contributed by atoms with Gasteiger partial charge in [-0.2, -0.15) is 0 Å². The van der Waals surface area contributed by atoms with E-state index in [9.17, 15) is 9.90 Å². The van der Waals surface area contributed by atoms with Crippen LogP contribution in [0.1, 0.15) is 51.9 Å². The van der Waals surface area contributed by atoms with E-state index in [1.165, 1.54) is 6.42 Å². The van der Waals surface area contributed by atoms with Crippen LogP contribution in [0.2, 0.25) is 0 Å². The molecule has 0 aromatic carbocycles. The number of amides is 1. The van der Waals surface area contributed by atoms with Gasteiger partial charge in [-0.3, -0.25) is 5.32 Å². The van der Waals surface area contributed by atoms with Crippen LogP contribution in [0.5, 0.6) is 0 Å². The first-order valence-corrected chi connectivity index (χ1v) is 6.35. The van der Waals surface area contributed by atoms with E-state index in [0.717, 1.165) is 38.5 Å². The fourth-order valence-corrected chi connectivity index (χ4v) is 2.04. The molecule has 0 spiro atoms. The molecule has 0 aromatic heterocycles. The minimum atomic E-state index is -0.741. The number of ether oxygens (including phenoxy) is 1. The van der Waals surface area contributed by atoms with Crippen molar-refractivity contribution in [2.24, 2.45) is 5.92 Å². The Labute approximate surface area is 97.4 Å². The number of carbonyl (C=O) groups excluding carboxylic acids is 1. The van der Waals surface area contributed by atoms with Gasteiger partial charge in [-0.15, -0.1) is 0 Å². The molecule has 2 N–H and O–H groups in total. The minimum absolute atomic E-state index is 0.201. The largest absolute Gasteiger partial charge is 0.450 e. The van der Waals surface area contributed by atoms with Crippen LogP contribution in [-0.4, -0.2) is 24.0 Å².